The van der Waals surface area contributed by atoms with Crippen molar-refractivity contribution in [2.24, 2.45) is 0 Å². The van der Waals surface area contributed by atoms with Gasteiger partial charge in [0.2, 0.25) is 0 Å². The number of hydrogen-bond donors (Lipinski definition) is 1. The van der Waals surface area contributed by atoms with Gasteiger partial charge in [0.25, 0.3) is 5.91 Å². The van der Waals surface area contributed by atoms with Crippen molar-refractivity contribution in [3.05, 3.63) is 54.1 Å². The van der Waals surface area contributed by atoms with E-state index in [0.717, 1.165) is 37.2 Å². The number of hydrogen-bond acceptors (Lipinski definition) is 4. The maximum atomic E-state index is 13.0. The summed E-state index contributed by atoms with van der Waals surface area (Å²) >= 11 is 0. The van der Waals surface area contributed by atoms with Crippen LogP contribution in [-0.4, -0.2) is 67.2 Å². The number of urea groups is 1. The van der Waals surface area contributed by atoms with Gasteiger partial charge < -0.3 is 24.8 Å². The van der Waals surface area contributed by atoms with E-state index >= 15 is 0 Å². The fraction of sp³-hybridized carbons (Fsp3) is 0.417. The van der Waals surface area contributed by atoms with Gasteiger partial charge in [-0.05, 0) is 43.0 Å². The molecule has 0 spiro atoms. The van der Waals surface area contributed by atoms with Crippen LogP contribution in [0, 0.1) is 0 Å². The monoisotopic (exact) mass is 420 g/mol. The van der Waals surface area contributed by atoms with Crippen LogP contribution in [0.1, 0.15) is 18.4 Å². The smallest absolute Gasteiger partial charge is 0.322 e. The first-order valence-electron chi connectivity index (χ1n) is 11.1. The highest BCUT2D eigenvalue weighted by atomic mass is 16.5. The summed E-state index contributed by atoms with van der Waals surface area (Å²) in [4.78, 5) is 31.4. The van der Waals surface area contributed by atoms with Crippen LogP contribution in [0.4, 0.5) is 21.9 Å². The van der Waals surface area contributed by atoms with Crippen molar-refractivity contribution < 1.29 is 14.3 Å². The number of nitrogens with one attached hydrogen (secondary N) is 1. The van der Waals surface area contributed by atoms with E-state index in [2.05, 4.69) is 40.5 Å². The molecule has 1 N–H and O–H groups in total. The Morgan fingerprint density at radius 3 is 2.35 bits per heavy atom. The van der Waals surface area contributed by atoms with Gasteiger partial charge in [0, 0.05) is 45.0 Å². The number of para-hydroxylation sites is 3. The molecule has 3 aliphatic heterocycles. The van der Waals surface area contributed by atoms with Crippen LogP contribution in [-0.2, 0) is 16.0 Å². The first-order valence-corrected chi connectivity index (χ1v) is 11.1. The van der Waals surface area contributed by atoms with Gasteiger partial charge in [-0.2, -0.15) is 0 Å². The lowest BCUT2D eigenvalue weighted by molar-refractivity contribution is -0.142. The minimum atomic E-state index is -0.296. The zero-order valence-corrected chi connectivity index (χ0v) is 17.6. The zero-order chi connectivity index (χ0) is 21.2. The maximum absolute atomic E-state index is 13.0. The molecular formula is C24H28N4O3. The average Bonchev–Trinajstić information content (AvgIpc) is 3.49. The molecule has 0 aromatic heterocycles. The lowest BCUT2D eigenvalue weighted by atomic mass is 10.2. The van der Waals surface area contributed by atoms with Crippen molar-refractivity contribution in [2.75, 3.05) is 49.5 Å². The van der Waals surface area contributed by atoms with E-state index in [0.29, 0.717) is 32.8 Å². The van der Waals surface area contributed by atoms with Crippen molar-refractivity contribution in [1.29, 1.82) is 0 Å². The lowest BCUT2D eigenvalue weighted by Gasteiger charge is -2.36. The van der Waals surface area contributed by atoms with Crippen LogP contribution in [0.2, 0.25) is 0 Å². The molecule has 0 aliphatic carbocycles. The SMILES string of the molecule is O=C(Nc1ccccc1N1CCc2ccccc21)N1CCN(C(=O)[C@@H]2CCCO2)CC1. The van der Waals surface area contributed by atoms with Gasteiger partial charge in [-0.15, -0.1) is 0 Å². The lowest BCUT2D eigenvalue weighted by Crippen LogP contribution is -2.53. The number of carbonyl (C=O) groups excluding carboxylic acids is 2. The van der Waals surface area contributed by atoms with Crippen molar-refractivity contribution in [3.63, 3.8) is 0 Å². The molecule has 3 amide bonds. The number of ether oxygens (including phenoxy) is 1. The molecule has 162 valence electrons. The standard InChI is InChI=1S/C24H28N4O3/c29-23(22-10-5-17-31-22)26-13-15-27(16-14-26)24(30)25-19-7-2-4-9-21(19)28-12-11-18-6-1-3-8-20(18)28/h1-4,6-9,22H,5,10-17H2,(H,25,30)/t22-/m0/s1. The predicted octanol–water partition coefficient (Wildman–Crippen LogP) is 3.24. The summed E-state index contributed by atoms with van der Waals surface area (Å²) in [7, 11) is 0. The third-order valence-corrected chi connectivity index (χ3v) is 6.41. The summed E-state index contributed by atoms with van der Waals surface area (Å²) in [6.45, 7) is 3.72. The number of fused-ring (bicyclic) bond motifs is 1. The van der Waals surface area contributed by atoms with Gasteiger partial charge in [0.15, 0.2) is 0 Å². The molecule has 2 fully saturated rings. The molecule has 3 heterocycles. The minimum absolute atomic E-state index is 0.0654. The van der Waals surface area contributed by atoms with E-state index < -0.39 is 0 Å². The first-order chi connectivity index (χ1) is 15.2. The molecule has 0 radical (unpaired) electrons. The molecule has 2 aromatic carbocycles. The number of nitrogens with zero attached hydrogens (tertiary/aromatic N) is 3. The molecule has 7 nitrogen and oxygen atoms in total. The van der Waals surface area contributed by atoms with E-state index in [4.69, 9.17) is 4.74 Å². The molecule has 2 saturated heterocycles. The quantitative estimate of drug-likeness (QED) is 0.828. The topological polar surface area (TPSA) is 65.1 Å². The van der Waals surface area contributed by atoms with Crippen LogP contribution in [0.5, 0.6) is 0 Å². The summed E-state index contributed by atoms with van der Waals surface area (Å²) in [6, 6.07) is 16.2. The highest BCUT2D eigenvalue weighted by molar-refractivity contribution is 5.94. The second kappa shape index (κ2) is 8.59. The van der Waals surface area contributed by atoms with Gasteiger partial charge >= 0.3 is 6.03 Å². The van der Waals surface area contributed by atoms with E-state index in [9.17, 15) is 9.59 Å². The van der Waals surface area contributed by atoms with Crippen LogP contribution in [0.3, 0.4) is 0 Å². The number of piperazine rings is 1. The Balaban J connectivity index is 1.23. The zero-order valence-electron chi connectivity index (χ0n) is 17.6. The van der Waals surface area contributed by atoms with Crippen molar-refractivity contribution in [3.8, 4) is 0 Å². The van der Waals surface area contributed by atoms with Gasteiger partial charge in [0.1, 0.15) is 6.10 Å². The van der Waals surface area contributed by atoms with E-state index in [1.165, 1.54) is 11.3 Å². The van der Waals surface area contributed by atoms with Gasteiger partial charge in [-0.25, -0.2) is 4.79 Å². The number of amides is 3. The third-order valence-electron chi connectivity index (χ3n) is 6.41. The molecular weight excluding hydrogens is 392 g/mol. The van der Waals surface area contributed by atoms with E-state index in [-0.39, 0.29) is 18.0 Å². The first kappa shape index (κ1) is 19.9. The highest BCUT2D eigenvalue weighted by Gasteiger charge is 2.31. The largest absolute Gasteiger partial charge is 0.368 e. The summed E-state index contributed by atoms with van der Waals surface area (Å²) < 4.78 is 5.52. The summed E-state index contributed by atoms with van der Waals surface area (Å²) in [5.74, 6) is 0.0654. The van der Waals surface area contributed by atoms with Gasteiger partial charge in [0.05, 0.1) is 11.4 Å². The fourth-order valence-corrected chi connectivity index (χ4v) is 4.70. The van der Waals surface area contributed by atoms with E-state index in [1.54, 1.807) is 4.90 Å². The van der Waals surface area contributed by atoms with Crippen LogP contribution in [0.15, 0.2) is 48.5 Å². The Kier molecular flexibility index (Phi) is 5.51. The van der Waals surface area contributed by atoms with Gasteiger partial charge in [-0.1, -0.05) is 30.3 Å². The fourth-order valence-electron chi connectivity index (χ4n) is 4.70. The summed E-state index contributed by atoms with van der Waals surface area (Å²) in [6.07, 6.45) is 2.45. The maximum Gasteiger partial charge on any atom is 0.322 e. The second-order valence-corrected chi connectivity index (χ2v) is 8.29. The van der Waals surface area contributed by atoms with E-state index in [1.807, 2.05) is 23.1 Å². The molecule has 7 heteroatoms. The number of anilines is 3. The Labute approximate surface area is 182 Å². The Hall–Kier alpha value is -3.06. The van der Waals surface area contributed by atoms with Gasteiger partial charge in [-0.3, -0.25) is 4.79 Å². The minimum Gasteiger partial charge on any atom is -0.368 e. The average molecular weight is 421 g/mol. The molecule has 3 aliphatic rings. The third kappa shape index (κ3) is 3.97. The normalized spacial score (nSPS) is 20.6. The Bertz CT molecular complexity index is 965. The van der Waals surface area contributed by atoms with Crippen LogP contribution in [0.25, 0.3) is 0 Å². The second-order valence-electron chi connectivity index (χ2n) is 8.29. The molecule has 0 bridgehead atoms. The predicted molar refractivity (Wildman–Crippen MR) is 120 cm³/mol. The van der Waals surface area contributed by atoms with Crippen molar-refractivity contribution in [1.82, 2.24) is 9.80 Å². The Morgan fingerprint density at radius 2 is 1.58 bits per heavy atom. The molecule has 0 saturated carbocycles. The molecule has 0 unspecified atom stereocenters. The van der Waals surface area contributed by atoms with Crippen LogP contribution >= 0.6 is 0 Å². The molecule has 31 heavy (non-hydrogen) atoms. The van der Waals surface area contributed by atoms with Crippen molar-refractivity contribution in [2.45, 2.75) is 25.4 Å². The molecule has 5 rings (SSSR count). The summed E-state index contributed by atoms with van der Waals surface area (Å²) in [5.41, 5.74) is 4.34. The Morgan fingerprint density at radius 1 is 0.871 bits per heavy atom. The van der Waals surface area contributed by atoms with Crippen LogP contribution < -0.4 is 10.2 Å². The number of benzene rings is 2. The van der Waals surface area contributed by atoms with Crippen molar-refractivity contribution >= 4 is 29.0 Å². The summed E-state index contributed by atoms with van der Waals surface area (Å²) in [5, 5.41) is 3.10. The number of carbonyl (C=O) groups is 2. The molecule has 1 atom stereocenters. The highest BCUT2D eigenvalue weighted by Crippen LogP contribution is 2.38. The number of rotatable bonds is 3. The molecule has 2 aromatic rings.